The van der Waals surface area contributed by atoms with Crippen LogP contribution >= 0.6 is 15.9 Å². The summed E-state index contributed by atoms with van der Waals surface area (Å²) in [7, 11) is 0. The van der Waals surface area contributed by atoms with Gasteiger partial charge in [0.1, 0.15) is 17.4 Å². The summed E-state index contributed by atoms with van der Waals surface area (Å²) in [6.07, 6.45) is 3.43. The molecule has 1 saturated heterocycles. The first-order chi connectivity index (χ1) is 12.5. The van der Waals surface area contributed by atoms with Crippen LogP contribution in [0.2, 0.25) is 0 Å². The van der Waals surface area contributed by atoms with Crippen molar-refractivity contribution in [2.45, 2.75) is 44.9 Å². The number of piperidine rings is 1. The van der Waals surface area contributed by atoms with Gasteiger partial charge in [0, 0.05) is 23.1 Å². The molecule has 0 amide bonds. The van der Waals surface area contributed by atoms with Crippen LogP contribution in [0.5, 0.6) is 0 Å². The van der Waals surface area contributed by atoms with Crippen molar-refractivity contribution in [3.05, 3.63) is 69.7 Å². The van der Waals surface area contributed by atoms with Crippen molar-refractivity contribution in [1.82, 2.24) is 4.90 Å². The highest BCUT2D eigenvalue weighted by atomic mass is 79.9. The minimum atomic E-state index is -0.499. The highest BCUT2D eigenvalue weighted by Gasteiger charge is 2.35. The standard InChI is InChI=1S/C21H24BrF2NO/c1-21(26-15-16-7-3-2-4-8-16)10-5-6-11-25(21)12-9-18-19(23)13-17(22)14-20(18)24/h2-4,7-8,13-14H,5-6,9-12,15H2,1H3. The van der Waals surface area contributed by atoms with Gasteiger partial charge < -0.3 is 4.74 Å². The van der Waals surface area contributed by atoms with Gasteiger partial charge in [-0.25, -0.2) is 8.78 Å². The Morgan fingerprint density at radius 2 is 1.81 bits per heavy atom. The molecule has 1 fully saturated rings. The summed E-state index contributed by atoms with van der Waals surface area (Å²) in [5.41, 5.74) is 0.865. The number of benzene rings is 2. The van der Waals surface area contributed by atoms with Crippen molar-refractivity contribution in [3.8, 4) is 0 Å². The summed E-state index contributed by atoms with van der Waals surface area (Å²) in [6.45, 7) is 4.07. The maximum atomic E-state index is 14.1. The van der Waals surface area contributed by atoms with Crippen LogP contribution < -0.4 is 0 Å². The number of ether oxygens (including phenoxy) is 1. The van der Waals surface area contributed by atoms with Crippen molar-refractivity contribution in [3.63, 3.8) is 0 Å². The highest BCUT2D eigenvalue weighted by molar-refractivity contribution is 9.10. The van der Waals surface area contributed by atoms with Gasteiger partial charge in [-0.15, -0.1) is 0 Å². The number of halogens is 3. The van der Waals surface area contributed by atoms with E-state index in [1.54, 1.807) is 0 Å². The number of hydrogen-bond donors (Lipinski definition) is 0. The van der Waals surface area contributed by atoms with Crippen LogP contribution in [0, 0.1) is 11.6 Å². The molecule has 0 aliphatic carbocycles. The average Bonchev–Trinajstić information content (AvgIpc) is 2.61. The Hall–Kier alpha value is -1.30. The first-order valence-corrected chi connectivity index (χ1v) is 9.83. The van der Waals surface area contributed by atoms with Crippen LogP contribution in [0.1, 0.15) is 37.3 Å². The Labute approximate surface area is 162 Å². The zero-order valence-corrected chi connectivity index (χ0v) is 16.6. The van der Waals surface area contributed by atoms with E-state index in [0.29, 0.717) is 24.0 Å². The first kappa shape index (κ1) is 19.5. The Morgan fingerprint density at radius 3 is 2.50 bits per heavy atom. The quantitative estimate of drug-likeness (QED) is 0.591. The molecule has 1 unspecified atom stereocenters. The smallest absolute Gasteiger partial charge is 0.130 e. The molecule has 1 aliphatic heterocycles. The Bertz CT molecular complexity index is 717. The molecular weight excluding hydrogens is 400 g/mol. The second-order valence-corrected chi connectivity index (χ2v) is 7.91. The molecule has 1 aliphatic rings. The van der Waals surface area contributed by atoms with Crippen LogP contribution in [-0.4, -0.2) is 23.7 Å². The summed E-state index contributed by atoms with van der Waals surface area (Å²) >= 11 is 3.13. The molecule has 2 aromatic carbocycles. The number of rotatable bonds is 6. The number of likely N-dealkylation sites (tertiary alicyclic amines) is 1. The molecule has 5 heteroatoms. The van der Waals surface area contributed by atoms with Gasteiger partial charge in [-0.2, -0.15) is 0 Å². The van der Waals surface area contributed by atoms with E-state index in [4.69, 9.17) is 4.74 Å². The van der Waals surface area contributed by atoms with Gasteiger partial charge in [-0.1, -0.05) is 46.3 Å². The molecule has 2 nitrogen and oxygen atoms in total. The SMILES string of the molecule is CC1(OCc2ccccc2)CCCCN1CCc1c(F)cc(Br)cc1F. The summed E-state index contributed by atoms with van der Waals surface area (Å²) in [5, 5.41) is 0. The minimum Gasteiger partial charge on any atom is -0.356 e. The Morgan fingerprint density at radius 1 is 1.12 bits per heavy atom. The van der Waals surface area contributed by atoms with E-state index in [0.717, 1.165) is 31.4 Å². The molecule has 0 spiro atoms. The third kappa shape index (κ3) is 4.70. The molecule has 0 saturated carbocycles. The maximum absolute atomic E-state index is 14.1. The fourth-order valence-electron chi connectivity index (χ4n) is 3.53. The zero-order chi connectivity index (χ0) is 18.6. The van der Waals surface area contributed by atoms with Crippen LogP contribution in [0.4, 0.5) is 8.78 Å². The second-order valence-electron chi connectivity index (χ2n) is 6.99. The third-order valence-electron chi connectivity index (χ3n) is 5.12. The molecule has 1 heterocycles. The van der Waals surface area contributed by atoms with Crippen LogP contribution in [-0.2, 0) is 17.8 Å². The third-order valence-corrected chi connectivity index (χ3v) is 5.58. The Balaban J connectivity index is 1.67. The first-order valence-electron chi connectivity index (χ1n) is 9.04. The summed E-state index contributed by atoms with van der Waals surface area (Å²) < 4.78 is 34.9. The molecule has 0 aromatic heterocycles. The molecule has 0 radical (unpaired) electrons. The molecule has 0 bridgehead atoms. The molecule has 26 heavy (non-hydrogen) atoms. The van der Waals surface area contributed by atoms with E-state index in [9.17, 15) is 8.78 Å². The van der Waals surface area contributed by atoms with Gasteiger partial charge in [-0.3, -0.25) is 4.90 Å². The topological polar surface area (TPSA) is 12.5 Å². The fourth-order valence-corrected chi connectivity index (χ4v) is 3.93. The monoisotopic (exact) mass is 423 g/mol. The van der Waals surface area contributed by atoms with Gasteiger partial charge in [0.05, 0.1) is 6.61 Å². The van der Waals surface area contributed by atoms with E-state index < -0.39 is 17.4 Å². The lowest BCUT2D eigenvalue weighted by atomic mass is 9.98. The lowest BCUT2D eigenvalue weighted by molar-refractivity contribution is -0.170. The maximum Gasteiger partial charge on any atom is 0.130 e. The van der Waals surface area contributed by atoms with E-state index in [2.05, 4.69) is 27.8 Å². The summed E-state index contributed by atoms with van der Waals surface area (Å²) in [5.74, 6) is -0.999. The van der Waals surface area contributed by atoms with Crippen molar-refractivity contribution in [1.29, 1.82) is 0 Å². The molecule has 2 aromatic rings. The van der Waals surface area contributed by atoms with Crippen molar-refractivity contribution in [2.75, 3.05) is 13.1 Å². The van der Waals surface area contributed by atoms with Crippen molar-refractivity contribution in [2.24, 2.45) is 0 Å². The van der Waals surface area contributed by atoms with Gasteiger partial charge in [0.25, 0.3) is 0 Å². The van der Waals surface area contributed by atoms with E-state index in [-0.39, 0.29) is 5.56 Å². The largest absolute Gasteiger partial charge is 0.356 e. The summed E-state index contributed by atoms with van der Waals surface area (Å²) in [4.78, 5) is 2.22. The van der Waals surface area contributed by atoms with Gasteiger partial charge in [-0.05, 0) is 50.3 Å². The van der Waals surface area contributed by atoms with E-state index in [1.165, 1.54) is 12.1 Å². The molecule has 140 valence electrons. The predicted octanol–water partition coefficient (Wildman–Crippen LogP) is 5.69. The Kier molecular flexibility index (Phi) is 6.43. The number of hydrogen-bond acceptors (Lipinski definition) is 2. The normalized spacial score (nSPS) is 21.1. The minimum absolute atomic E-state index is 0.143. The lowest BCUT2D eigenvalue weighted by Crippen LogP contribution is -2.52. The second kappa shape index (κ2) is 8.59. The predicted molar refractivity (Wildman–Crippen MR) is 103 cm³/mol. The molecule has 3 rings (SSSR count). The van der Waals surface area contributed by atoms with Crippen LogP contribution in [0.15, 0.2) is 46.9 Å². The van der Waals surface area contributed by atoms with Gasteiger partial charge in [0.15, 0.2) is 0 Å². The summed E-state index contributed by atoms with van der Waals surface area (Å²) in [6, 6.07) is 12.7. The lowest BCUT2D eigenvalue weighted by Gasteiger charge is -2.44. The van der Waals surface area contributed by atoms with Crippen molar-refractivity contribution >= 4 is 15.9 Å². The van der Waals surface area contributed by atoms with Crippen molar-refractivity contribution < 1.29 is 13.5 Å². The molecular formula is C21H24BrF2NO. The van der Waals surface area contributed by atoms with E-state index in [1.807, 2.05) is 30.3 Å². The molecule has 0 N–H and O–H groups in total. The zero-order valence-electron chi connectivity index (χ0n) is 15.0. The fraction of sp³-hybridized carbons (Fsp3) is 0.429. The van der Waals surface area contributed by atoms with Crippen LogP contribution in [0.3, 0.4) is 0 Å². The molecule has 1 atom stereocenters. The van der Waals surface area contributed by atoms with E-state index >= 15 is 0 Å². The van der Waals surface area contributed by atoms with Crippen LogP contribution in [0.25, 0.3) is 0 Å². The average molecular weight is 424 g/mol. The highest BCUT2D eigenvalue weighted by Crippen LogP contribution is 2.31. The number of nitrogens with zero attached hydrogens (tertiary/aromatic N) is 1. The van der Waals surface area contributed by atoms with Gasteiger partial charge in [0.2, 0.25) is 0 Å². The van der Waals surface area contributed by atoms with Gasteiger partial charge >= 0.3 is 0 Å².